The number of nitrogens with one attached hydrogen (secondary N) is 2. The normalized spacial score (nSPS) is 28.7. The number of hydrogen-bond donors (Lipinski definition) is 2. The van der Waals surface area contributed by atoms with Gasteiger partial charge in [-0.2, -0.15) is 0 Å². The predicted octanol–water partition coefficient (Wildman–Crippen LogP) is 2.30. The molecule has 3 rings (SSSR count). The van der Waals surface area contributed by atoms with Crippen molar-refractivity contribution in [2.75, 3.05) is 6.61 Å². The summed E-state index contributed by atoms with van der Waals surface area (Å²) in [6, 6.07) is 3.78. The van der Waals surface area contributed by atoms with E-state index in [0.717, 1.165) is 19.3 Å². The molecule has 1 aliphatic carbocycles. The van der Waals surface area contributed by atoms with Crippen LogP contribution in [0, 0.1) is 17.3 Å². The third-order valence-electron chi connectivity index (χ3n) is 5.65. The summed E-state index contributed by atoms with van der Waals surface area (Å²) in [5, 5.41) is 6.21. The van der Waals surface area contributed by atoms with Gasteiger partial charge in [0.05, 0.1) is 6.20 Å². The molecule has 4 unspecified atom stereocenters. The lowest BCUT2D eigenvalue weighted by Gasteiger charge is -2.48. The molecule has 26 heavy (non-hydrogen) atoms. The van der Waals surface area contributed by atoms with Gasteiger partial charge in [0.25, 0.3) is 5.91 Å². The van der Waals surface area contributed by atoms with Gasteiger partial charge in [-0.3, -0.25) is 14.6 Å². The molecule has 1 saturated heterocycles. The second kappa shape index (κ2) is 7.64. The number of piperidine rings is 1. The van der Waals surface area contributed by atoms with Crippen molar-refractivity contribution in [2.24, 2.45) is 17.3 Å². The zero-order valence-corrected chi connectivity index (χ0v) is 15.8. The number of aromatic nitrogens is 1. The Labute approximate surface area is 155 Å². The van der Waals surface area contributed by atoms with Gasteiger partial charge in [0, 0.05) is 24.7 Å². The fourth-order valence-electron chi connectivity index (χ4n) is 4.39. The van der Waals surface area contributed by atoms with Crippen LogP contribution in [0.15, 0.2) is 24.5 Å². The summed E-state index contributed by atoms with van der Waals surface area (Å²) < 4.78 is 5.45. The van der Waals surface area contributed by atoms with Crippen molar-refractivity contribution < 1.29 is 14.3 Å². The van der Waals surface area contributed by atoms with Crippen LogP contribution in [0.4, 0.5) is 0 Å². The van der Waals surface area contributed by atoms with E-state index in [9.17, 15) is 9.59 Å². The highest BCUT2D eigenvalue weighted by Gasteiger charge is 2.45. The van der Waals surface area contributed by atoms with Crippen LogP contribution in [-0.4, -0.2) is 35.5 Å². The molecule has 0 aromatic carbocycles. The third-order valence-corrected chi connectivity index (χ3v) is 5.65. The second-order valence-electron chi connectivity index (χ2n) is 8.57. The monoisotopic (exact) mass is 359 g/mol. The van der Waals surface area contributed by atoms with Crippen LogP contribution in [0.5, 0.6) is 5.75 Å². The van der Waals surface area contributed by atoms with E-state index in [1.807, 2.05) is 0 Å². The van der Waals surface area contributed by atoms with Crippen molar-refractivity contribution in [1.82, 2.24) is 15.6 Å². The highest BCUT2D eigenvalue weighted by molar-refractivity contribution is 5.78. The summed E-state index contributed by atoms with van der Waals surface area (Å²) in [4.78, 5) is 28.3. The summed E-state index contributed by atoms with van der Waals surface area (Å²) in [7, 11) is 0. The van der Waals surface area contributed by atoms with Gasteiger partial charge in [-0.25, -0.2) is 0 Å². The molecule has 0 radical (unpaired) electrons. The van der Waals surface area contributed by atoms with Crippen LogP contribution in [0.2, 0.25) is 0 Å². The summed E-state index contributed by atoms with van der Waals surface area (Å²) in [6.07, 6.45) is 6.63. The zero-order valence-electron chi connectivity index (χ0n) is 15.8. The predicted molar refractivity (Wildman–Crippen MR) is 98.5 cm³/mol. The van der Waals surface area contributed by atoms with E-state index >= 15 is 0 Å². The highest BCUT2D eigenvalue weighted by Crippen LogP contribution is 2.44. The molecule has 6 nitrogen and oxygen atoms in total. The van der Waals surface area contributed by atoms with Gasteiger partial charge in [-0.05, 0) is 48.6 Å². The lowest BCUT2D eigenvalue weighted by atomic mass is 9.62. The Balaban J connectivity index is 1.53. The number of rotatable bonds is 4. The average Bonchev–Trinajstić information content (AvgIpc) is 2.59. The number of fused-ring (bicyclic) bond motifs is 1. The van der Waals surface area contributed by atoms with E-state index in [4.69, 9.17) is 4.74 Å². The van der Waals surface area contributed by atoms with Crippen LogP contribution in [0.3, 0.4) is 0 Å². The molecule has 1 saturated carbocycles. The fraction of sp³-hybridized carbons (Fsp3) is 0.650. The first-order valence-corrected chi connectivity index (χ1v) is 9.44. The lowest BCUT2D eigenvalue weighted by molar-refractivity contribution is -0.130. The Hall–Kier alpha value is -2.11. The molecule has 2 N–H and O–H groups in total. The molecule has 2 amide bonds. The summed E-state index contributed by atoms with van der Waals surface area (Å²) in [6.45, 7) is 6.64. The third kappa shape index (κ3) is 4.54. The minimum atomic E-state index is -0.133. The van der Waals surface area contributed by atoms with Crippen molar-refractivity contribution in [3.8, 4) is 5.75 Å². The van der Waals surface area contributed by atoms with Crippen molar-refractivity contribution in [3.63, 3.8) is 0 Å². The summed E-state index contributed by atoms with van der Waals surface area (Å²) in [5.74, 6) is 1.48. The molecule has 4 atom stereocenters. The summed E-state index contributed by atoms with van der Waals surface area (Å²) >= 11 is 0. The number of carbonyl (C=O) groups excluding carboxylic acids is 2. The van der Waals surface area contributed by atoms with Crippen LogP contribution in [0.25, 0.3) is 0 Å². The van der Waals surface area contributed by atoms with E-state index in [1.54, 1.807) is 24.5 Å². The van der Waals surface area contributed by atoms with E-state index in [0.29, 0.717) is 24.0 Å². The first-order chi connectivity index (χ1) is 12.3. The Morgan fingerprint density at radius 1 is 1.38 bits per heavy atom. The molecule has 2 fully saturated rings. The van der Waals surface area contributed by atoms with Gasteiger partial charge in [-0.1, -0.05) is 20.8 Å². The van der Waals surface area contributed by atoms with Crippen LogP contribution in [-0.2, 0) is 9.59 Å². The van der Waals surface area contributed by atoms with E-state index in [1.165, 1.54) is 0 Å². The van der Waals surface area contributed by atoms with Gasteiger partial charge in [0.2, 0.25) is 5.91 Å². The van der Waals surface area contributed by atoms with Gasteiger partial charge in [-0.15, -0.1) is 0 Å². The maximum Gasteiger partial charge on any atom is 0.258 e. The number of pyridine rings is 1. The maximum atomic E-state index is 12.2. The molecular weight excluding hydrogens is 330 g/mol. The topological polar surface area (TPSA) is 80.3 Å². The maximum absolute atomic E-state index is 12.2. The van der Waals surface area contributed by atoms with Crippen LogP contribution >= 0.6 is 0 Å². The van der Waals surface area contributed by atoms with Crippen LogP contribution in [0.1, 0.15) is 46.5 Å². The van der Waals surface area contributed by atoms with E-state index in [-0.39, 0.29) is 35.9 Å². The first-order valence-electron chi connectivity index (χ1n) is 9.44. The number of carbonyl (C=O) groups is 2. The second-order valence-corrected chi connectivity index (χ2v) is 8.57. The van der Waals surface area contributed by atoms with Crippen LogP contribution < -0.4 is 15.4 Å². The minimum Gasteiger partial charge on any atom is -0.482 e. The quantitative estimate of drug-likeness (QED) is 0.864. The van der Waals surface area contributed by atoms with E-state index < -0.39 is 0 Å². The van der Waals surface area contributed by atoms with Gasteiger partial charge in [0.15, 0.2) is 6.61 Å². The van der Waals surface area contributed by atoms with Crippen molar-refractivity contribution in [3.05, 3.63) is 24.5 Å². The van der Waals surface area contributed by atoms with Gasteiger partial charge in [0.1, 0.15) is 5.75 Å². The molecule has 2 aliphatic rings. The molecule has 1 aliphatic heterocycles. The first kappa shape index (κ1) is 18.7. The largest absolute Gasteiger partial charge is 0.482 e. The molecule has 2 heterocycles. The van der Waals surface area contributed by atoms with E-state index in [2.05, 4.69) is 36.4 Å². The smallest absolute Gasteiger partial charge is 0.258 e. The number of ether oxygens (including phenoxy) is 1. The van der Waals surface area contributed by atoms with Crippen molar-refractivity contribution in [1.29, 1.82) is 0 Å². The number of amides is 2. The Morgan fingerprint density at radius 3 is 2.88 bits per heavy atom. The molecule has 1 aromatic heterocycles. The Kier molecular flexibility index (Phi) is 5.49. The molecule has 0 bridgehead atoms. The number of nitrogens with zero attached hydrogens (tertiary/aromatic N) is 1. The minimum absolute atomic E-state index is 0.0206. The molecule has 142 valence electrons. The Bertz CT molecular complexity index is 641. The van der Waals surface area contributed by atoms with Crippen molar-refractivity contribution >= 4 is 11.8 Å². The van der Waals surface area contributed by atoms with Gasteiger partial charge < -0.3 is 15.4 Å². The molecular formula is C20H29N3O3. The zero-order chi connectivity index (χ0) is 18.7. The summed E-state index contributed by atoms with van der Waals surface area (Å²) in [5.41, 5.74) is 0.119. The lowest BCUT2D eigenvalue weighted by Crippen LogP contribution is -2.57. The van der Waals surface area contributed by atoms with Crippen molar-refractivity contribution in [2.45, 2.75) is 58.5 Å². The Morgan fingerprint density at radius 2 is 2.19 bits per heavy atom. The molecule has 1 aromatic rings. The average molecular weight is 359 g/mol. The standard InChI is InChI=1S/C20H29N3O3/c1-20(2,3)16-10-18(24)23-17-9-13(6-7-15(16)17)22-19(25)12-26-14-5-4-8-21-11-14/h4-5,8,11,13,15-17H,6-7,9-10,12H2,1-3H3,(H,22,25)(H,23,24). The number of hydrogen-bond acceptors (Lipinski definition) is 4. The highest BCUT2D eigenvalue weighted by atomic mass is 16.5. The SMILES string of the molecule is CC(C)(C)C1CC(=O)NC2CC(NC(=O)COc3cccnc3)CCC21. The van der Waals surface area contributed by atoms with Gasteiger partial charge >= 0.3 is 0 Å². The molecule has 0 spiro atoms. The fourth-order valence-corrected chi connectivity index (χ4v) is 4.39. The molecule has 6 heteroatoms.